The first kappa shape index (κ1) is 28.1. The molecule has 0 radical (unpaired) electrons. The van der Waals surface area contributed by atoms with Gasteiger partial charge in [-0.3, -0.25) is 9.59 Å². The van der Waals surface area contributed by atoms with Crippen molar-refractivity contribution in [2.24, 2.45) is 5.41 Å². The zero-order valence-electron chi connectivity index (χ0n) is 22.6. The lowest BCUT2D eigenvalue weighted by Gasteiger charge is -2.45. The SMILES string of the molecule is COC(=O)C1(C(=O)OC)C[C@@H](C[Si](c2ccccc2)(c2ccccc2)C(C)(C)C)O[C@H]1c1ccccc1Cl. The molecule has 0 spiro atoms. The Bertz CT molecular complexity index is 1220. The Hall–Kier alpha value is -2.93. The van der Waals surface area contributed by atoms with Crippen molar-refractivity contribution in [2.75, 3.05) is 14.2 Å². The first-order chi connectivity index (χ1) is 18.1. The molecule has 7 heteroatoms. The van der Waals surface area contributed by atoms with E-state index in [1.165, 1.54) is 24.6 Å². The number of ether oxygens (including phenoxy) is 3. The number of benzene rings is 3. The number of hydrogen-bond donors (Lipinski definition) is 0. The van der Waals surface area contributed by atoms with Crippen molar-refractivity contribution in [2.45, 2.75) is 50.5 Å². The van der Waals surface area contributed by atoms with Crippen LogP contribution in [0.15, 0.2) is 84.9 Å². The standard InChI is InChI=1S/C31H35ClO5Si/c1-30(2,3)38(23-14-8-6-9-15-23,24-16-10-7-11-17-24)21-22-20-31(28(33)35-4,29(34)36-5)27(37-22)25-18-12-13-19-26(25)32/h6-19,22,27H,20-21H2,1-5H3/t22-,27-/m0/s1. The van der Waals surface area contributed by atoms with Gasteiger partial charge in [-0.1, -0.05) is 122 Å². The summed E-state index contributed by atoms with van der Waals surface area (Å²) in [6, 6.07) is 28.9. The van der Waals surface area contributed by atoms with Crippen LogP contribution in [0.2, 0.25) is 16.1 Å². The van der Waals surface area contributed by atoms with E-state index in [-0.39, 0.29) is 11.5 Å². The summed E-state index contributed by atoms with van der Waals surface area (Å²) in [4.78, 5) is 26.9. The van der Waals surface area contributed by atoms with Crippen LogP contribution in [0, 0.1) is 5.41 Å². The number of carbonyl (C=O) groups is 2. The maximum absolute atomic E-state index is 13.4. The molecule has 0 unspecified atom stereocenters. The second-order valence-electron chi connectivity index (χ2n) is 10.9. The highest BCUT2D eigenvalue weighted by Crippen LogP contribution is 2.54. The van der Waals surface area contributed by atoms with E-state index < -0.39 is 37.6 Å². The average molecular weight is 551 g/mol. The van der Waals surface area contributed by atoms with Gasteiger partial charge in [-0.2, -0.15) is 0 Å². The zero-order valence-corrected chi connectivity index (χ0v) is 24.3. The predicted octanol–water partition coefficient (Wildman–Crippen LogP) is 5.57. The number of rotatable bonds is 7. The summed E-state index contributed by atoms with van der Waals surface area (Å²) in [5.41, 5.74) is -1.11. The Morgan fingerprint density at radius 3 is 1.79 bits per heavy atom. The van der Waals surface area contributed by atoms with Gasteiger partial charge in [-0.25, -0.2) is 0 Å². The minimum absolute atomic E-state index is 0.124. The van der Waals surface area contributed by atoms with E-state index in [0.29, 0.717) is 16.6 Å². The fourth-order valence-corrected chi connectivity index (χ4v) is 12.0. The molecule has 38 heavy (non-hydrogen) atoms. The van der Waals surface area contributed by atoms with E-state index in [0.717, 1.165) is 0 Å². The van der Waals surface area contributed by atoms with Crippen molar-refractivity contribution < 1.29 is 23.8 Å². The predicted molar refractivity (Wildman–Crippen MR) is 153 cm³/mol. The molecule has 200 valence electrons. The van der Waals surface area contributed by atoms with Gasteiger partial charge in [0, 0.05) is 17.0 Å². The summed E-state index contributed by atoms with van der Waals surface area (Å²) in [6.45, 7) is 6.81. The van der Waals surface area contributed by atoms with Gasteiger partial charge in [0.25, 0.3) is 0 Å². The van der Waals surface area contributed by atoms with E-state index >= 15 is 0 Å². The second kappa shape index (κ2) is 11.0. The van der Waals surface area contributed by atoms with Crippen molar-refractivity contribution in [3.05, 3.63) is 95.5 Å². The smallest absolute Gasteiger partial charge is 0.326 e. The van der Waals surface area contributed by atoms with Crippen LogP contribution in [0.25, 0.3) is 0 Å². The van der Waals surface area contributed by atoms with Gasteiger partial charge in [0.2, 0.25) is 0 Å². The summed E-state index contributed by atoms with van der Waals surface area (Å²) >= 11 is 6.60. The van der Waals surface area contributed by atoms with E-state index in [9.17, 15) is 9.59 Å². The third-order valence-corrected chi connectivity index (χ3v) is 14.6. The quantitative estimate of drug-likeness (QED) is 0.219. The Labute approximate surface area is 231 Å². The van der Waals surface area contributed by atoms with Crippen molar-refractivity contribution in [3.63, 3.8) is 0 Å². The van der Waals surface area contributed by atoms with Crippen molar-refractivity contribution in [1.82, 2.24) is 0 Å². The fourth-order valence-electron chi connectivity index (χ4n) is 6.16. The molecular weight excluding hydrogens is 516 g/mol. The minimum atomic E-state index is -2.57. The molecule has 1 fully saturated rings. The van der Waals surface area contributed by atoms with Gasteiger partial charge in [0.05, 0.1) is 20.3 Å². The van der Waals surface area contributed by atoms with Gasteiger partial charge >= 0.3 is 11.9 Å². The van der Waals surface area contributed by atoms with Crippen molar-refractivity contribution in [3.8, 4) is 0 Å². The second-order valence-corrected chi connectivity index (χ2v) is 16.2. The lowest BCUT2D eigenvalue weighted by atomic mass is 9.77. The lowest BCUT2D eigenvalue weighted by molar-refractivity contribution is -0.173. The fraction of sp³-hybridized carbons (Fsp3) is 0.355. The van der Waals surface area contributed by atoms with Crippen LogP contribution in [-0.4, -0.2) is 40.3 Å². The molecule has 0 aromatic heterocycles. The van der Waals surface area contributed by atoms with Crippen LogP contribution in [0.4, 0.5) is 0 Å². The summed E-state index contributed by atoms with van der Waals surface area (Å²) in [5.74, 6) is -1.36. The molecule has 5 nitrogen and oxygen atoms in total. The minimum Gasteiger partial charge on any atom is -0.468 e. The maximum Gasteiger partial charge on any atom is 0.326 e. The molecule has 0 bridgehead atoms. The van der Waals surface area contributed by atoms with E-state index in [1.54, 1.807) is 18.2 Å². The summed E-state index contributed by atoms with van der Waals surface area (Å²) in [5, 5.41) is 2.83. The van der Waals surface area contributed by atoms with E-state index in [1.807, 2.05) is 18.2 Å². The van der Waals surface area contributed by atoms with Crippen molar-refractivity contribution >= 4 is 42.0 Å². The summed E-state index contributed by atoms with van der Waals surface area (Å²) in [6.07, 6.45) is -1.24. The molecule has 1 saturated heterocycles. The Morgan fingerprint density at radius 1 is 0.868 bits per heavy atom. The van der Waals surface area contributed by atoms with Crippen LogP contribution in [0.3, 0.4) is 0 Å². The zero-order chi connectivity index (χ0) is 27.6. The van der Waals surface area contributed by atoms with Gasteiger partial charge in [0.15, 0.2) is 5.41 Å². The number of carbonyl (C=O) groups excluding carboxylic acids is 2. The van der Waals surface area contributed by atoms with Crippen LogP contribution >= 0.6 is 11.6 Å². The monoisotopic (exact) mass is 550 g/mol. The number of hydrogen-bond acceptors (Lipinski definition) is 5. The van der Waals surface area contributed by atoms with Gasteiger partial charge in [-0.15, -0.1) is 0 Å². The van der Waals surface area contributed by atoms with E-state index in [2.05, 4.69) is 69.3 Å². The lowest BCUT2D eigenvalue weighted by Crippen LogP contribution is -2.65. The molecule has 1 heterocycles. The normalized spacial score (nSPS) is 19.1. The first-order valence-electron chi connectivity index (χ1n) is 12.8. The third kappa shape index (κ3) is 4.70. The Kier molecular flexibility index (Phi) is 8.16. The molecule has 3 aromatic rings. The Morgan fingerprint density at radius 2 is 1.34 bits per heavy atom. The topological polar surface area (TPSA) is 61.8 Å². The number of halogens is 1. The maximum atomic E-state index is 13.4. The molecule has 1 aliphatic heterocycles. The highest BCUT2D eigenvalue weighted by Gasteiger charge is 2.64. The van der Waals surface area contributed by atoms with Crippen LogP contribution in [0.1, 0.15) is 38.9 Å². The highest BCUT2D eigenvalue weighted by molar-refractivity contribution is 7.04. The molecular formula is C31H35ClO5Si. The number of esters is 2. The first-order valence-corrected chi connectivity index (χ1v) is 15.4. The largest absolute Gasteiger partial charge is 0.468 e. The third-order valence-electron chi connectivity index (χ3n) is 7.96. The molecule has 1 aliphatic rings. The molecule has 4 rings (SSSR count). The van der Waals surface area contributed by atoms with Crippen molar-refractivity contribution in [1.29, 1.82) is 0 Å². The van der Waals surface area contributed by atoms with E-state index in [4.69, 9.17) is 25.8 Å². The van der Waals surface area contributed by atoms with Gasteiger partial charge in [-0.05, 0) is 17.1 Å². The van der Waals surface area contributed by atoms with Gasteiger partial charge < -0.3 is 14.2 Å². The molecule has 0 amide bonds. The highest BCUT2D eigenvalue weighted by atomic mass is 35.5. The molecule has 3 aromatic carbocycles. The Balaban J connectivity index is 1.91. The molecule has 0 aliphatic carbocycles. The van der Waals surface area contributed by atoms with Crippen LogP contribution < -0.4 is 10.4 Å². The average Bonchev–Trinajstić information content (AvgIpc) is 3.31. The summed E-state index contributed by atoms with van der Waals surface area (Å²) < 4.78 is 17.2. The van der Waals surface area contributed by atoms with Gasteiger partial charge in [0.1, 0.15) is 14.2 Å². The number of methoxy groups -OCH3 is 2. The van der Waals surface area contributed by atoms with Crippen LogP contribution in [0.5, 0.6) is 0 Å². The van der Waals surface area contributed by atoms with Crippen LogP contribution in [-0.2, 0) is 23.8 Å². The summed E-state index contributed by atoms with van der Waals surface area (Å²) in [7, 11) is -0.00540. The molecule has 0 N–H and O–H groups in total. The molecule has 0 saturated carbocycles. The molecule has 2 atom stereocenters.